The van der Waals surface area contributed by atoms with Gasteiger partial charge in [0.25, 0.3) is 0 Å². The summed E-state index contributed by atoms with van der Waals surface area (Å²) in [5, 5.41) is 26.0. The SMILES string of the molecule is Brc1ccc2sc3c(ccc4sc5ccc(Br)cc5c43)c2c1.C.C.O[B]Oc1ccc2oc3ccc(-c4ccccc4)cc3c2c1.c1ccc(-c2ccc3oc4ccc(-c5ccc6sc7c(ccc8sc9ccc(-c%10ccc%11oc%12ccc(-c%13ccccc%13)cc%12c%11c%10)cc9c87)c6c5)cc4c3c2)cc1. The Morgan fingerprint density at radius 2 is 0.538 bits per heavy atom. The first-order valence-electron chi connectivity index (χ1n) is 33.4. The maximum atomic E-state index is 8.78. The molecule has 0 fully saturated rings. The minimum absolute atomic E-state index is 0. The zero-order valence-corrected chi connectivity index (χ0v) is 60.3. The smallest absolute Gasteiger partial charge is 0.537 e. The van der Waals surface area contributed by atoms with Crippen molar-refractivity contribution in [3.63, 3.8) is 0 Å². The van der Waals surface area contributed by atoms with Gasteiger partial charge in [-0.15, -0.1) is 45.3 Å². The van der Waals surface area contributed by atoms with Crippen LogP contribution in [0.2, 0.25) is 0 Å². The van der Waals surface area contributed by atoms with E-state index < -0.39 is 0 Å². The van der Waals surface area contributed by atoms with E-state index in [9.17, 15) is 0 Å². The van der Waals surface area contributed by atoms with Crippen LogP contribution in [0.1, 0.15) is 14.9 Å². The Morgan fingerprint density at radius 3 is 0.933 bits per heavy atom. The number of benzene rings is 15. The minimum atomic E-state index is 0. The van der Waals surface area contributed by atoms with Gasteiger partial charge in [-0.25, -0.2) is 0 Å². The van der Waals surface area contributed by atoms with E-state index in [4.69, 9.17) is 22.9 Å². The molecule has 0 saturated heterocycles. The quantitative estimate of drug-likeness (QED) is 0.161. The zero-order valence-electron chi connectivity index (χ0n) is 53.8. The highest BCUT2D eigenvalue weighted by atomic mass is 79.9. The van der Waals surface area contributed by atoms with Crippen molar-refractivity contribution in [2.45, 2.75) is 14.9 Å². The van der Waals surface area contributed by atoms with Crippen molar-refractivity contribution < 1.29 is 22.9 Å². The summed E-state index contributed by atoms with van der Waals surface area (Å²) in [6.07, 6.45) is 0. The molecule has 0 saturated carbocycles. The molecule has 0 spiro atoms. The van der Waals surface area contributed by atoms with Gasteiger partial charge in [0.1, 0.15) is 39.2 Å². The highest BCUT2D eigenvalue weighted by molar-refractivity contribution is 9.10. The zero-order chi connectivity index (χ0) is 67.7. The molecule has 0 atom stereocenters. The topological polar surface area (TPSA) is 68.9 Å². The Labute approximate surface area is 631 Å². The van der Waals surface area contributed by atoms with Gasteiger partial charge in [-0.1, -0.05) is 192 Å². The summed E-state index contributed by atoms with van der Waals surface area (Å²) in [6, 6.07) is 105. The molecular formula is C92H58BBr2O5S4. The molecule has 0 aliphatic heterocycles. The number of halogens is 2. The summed E-state index contributed by atoms with van der Waals surface area (Å²) in [4.78, 5) is 0. The summed E-state index contributed by atoms with van der Waals surface area (Å²) in [7, 11) is 0.679. The molecule has 22 aromatic rings. The number of hydrogen-bond acceptors (Lipinski definition) is 9. The van der Waals surface area contributed by atoms with E-state index in [1.807, 2.05) is 81.7 Å². The van der Waals surface area contributed by atoms with E-state index in [1.54, 1.807) is 6.07 Å². The maximum Gasteiger partial charge on any atom is 0.569 e. The lowest BCUT2D eigenvalue weighted by atomic mass is 9.98. The Bertz CT molecular complexity index is 7130. The average molecular weight is 1540 g/mol. The Balaban J connectivity index is 0.000000137. The first-order valence-corrected chi connectivity index (χ1v) is 38.2. The largest absolute Gasteiger partial charge is 0.569 e. The van der Waals surface area contributed by atoms with Gasteiger partial charge in [-0.2, -0.15) is 0 Å². The monoisotopic (exact) mass is 1540 g/mol. The molecule has 0 aliphatic carbocycles. The molecule has 15 aromatic carbocycles. The van der Waals surface area contributed by atoms with E-state index in [-0.39, 0.29) is 14.9 Å². The van der Waals surface area contributed by atoms with Gasteiger partial charge >= 0.3 is 7.69 Å². The molecule has 0 unspecified atom stereocenters. The van der Waals surface area contributed by atoms with Crippen LogP contribution in [0, 0.1) is 0 Å². The second-order valence-electron chi connectivity index (χ2n) is 25.6. The molecule has 1 N–H and O–H groups in total. The van der Waals surface area contributed by atoms with Crippen molar-refractivity contribution in [1.82, 2.24) is 0 Å². The van der Waals surface area contributed by atoms with Gasteiger partial charge in [-0.05, 0) is 207 Å². The molecule has 497 valence electrons. The lowest BCUT2D eigenvalue weighted by molar-refractivity contribution is 0.454. The molecule has 7 aromatic heterocycles. The van der Waals surface area contributed by atoms with Crippen molar-refractivity contribution in [3.8, 4) is 61.4 Å². The summed E-state index contributed by atoms with van der Waals surface area (Å²) in [5.74, 6) is 0.572. The molecule has 0 amide bonds. The second kappa shape index (κ2) is 26.6. The van der Waals surface area contributed by atoms with Crippen LogP contribution >= 0.6 is 77.2 Å². The highest BCUT2D eigenvalue weighted by Gasteiger charge is 2.20. The Hall–Kier alpha value is -10.6. The maximum absolute atomic E-state index is 8.78. The van der Waals surface area contributed by atoms with Crippen LogP contribution in [-0.4, -0.2) is 12.7 Å². The predicted octanol–water partition coefficient (Wildman–Crippen LogP) is 30.3. The van der Waals surface area contributed by atoms with Crippen LogP contribution in [0.5, 0.6) is 5.75 Å². The number of furan rings is 3. The third-order valence-corrected chi connectivity index (χ3v) is 25.3. The standard InChI is InChI=1S/C54H30O2S2.C18H12BO3.C18H8Br2S2.2CH4/c1-3-7-31(8-4-1)33-11-18-46-40(25-33)42-27-35(13-20-48(42)55-46)37-15-22-50-44(29-37)39-17-24-52-53(54(39)58-50)45-30-38(16-23-51(45)57-52)36-14-21-49-43(28-36)41-26-34(12-19-47(41)56-49)32-9-5-2-6-10-32;20-19-22-14-7-9-18-16(11-14)15-10-13(6-8-17(15)21-18)12-4-2-1-3-5-12;19-9-1-4-14-12(7-9)11-3-6-16-17(18(11)22-14)13-8-10(20)2-5-15(13)21-16;;/h1-30H;1-11,20H;1-8H;2*1H4. The minimum Gasteiger partial charge on any atom is -0.537 e. The molecule has 104 heavy (non-hydrogen) atoms. The first kappa shape index (κ1) is 65.4. The fraction of sp³-hybridized carbons (Fsp3) is 0.0217. The van der Waals surface area contributed by atoms with E-state index in [1.165, 1.54) is 125 Å². The number of hydrogen-bond donors (Lipinski definition) is 1. The van der Waals surface area contributed by atoms with Gasteiger partial charge < -0.3 is 22.9 Å². The summed E-state index contributed by atoms with van der Waals surface area (Å²) in [5.41, 5.74) is 17.2. The molecule has 0 bridgehead atoms. The molecule has 12 heteroatoms. The number of rotatable bonds is 7. The van der Waals surface area contributed by atoms with Crippen molar-refractivity contribution in [1.29, 1.82) is 0 Å². The van der Waals surface area contributed by atoms with Crippen LogP contribution in [-0.2, 0) is 0 Å². The van der Waals surface area contributed by atoms with E-state index in [0.29, 0.717) is 13.4 Å². The van der Waals surface area contributed by atoms with Gasteiger partial charge in [-0.3, -0.25) is 0 Å². The van der Waals surface area contributed by atoms with Gasteiger partial charge in [0.15, 0.2) is 0 Å². The molecule has 5 nitrogen and oxygen atoms in total. The van der Waals surface area contributed by atoms with E-state index in [0.717, 1.165) is 85.9 Å². The van der Waals surface area contributed by atoms with Crippen LogP contribution < -0.4 is 4.65 Å². The van der Waals surface area contributed by atoms with E-state index >= 15 is 0 Å². The molecule has 7 heterocycles. The molecule has 22 rings (SSSR count). The van der Waals surface area contributed by atoms with Crippen molar-refractivity contribution in [2.75, 3.05) is 0 Å². The predicted molar refractivity (Wildman–Crippen MR) is 457 cm³/mol. The van der Waals surface area contributed by atoms with Gasteiger partial charge in [0, 0.05) is 122 Å². The lowest BCUT2D eigenvalue weighted by Gasteiger charge is -2.04. The number of fused-ring (bicyclic) bond motifs is 23. The fourth-order valence-corrected chi connectivity index (χ4v) is 20.3. The van der Waals surface area contributed by atoms with Crippen LogP contribution in [0.15, 0.2) is 319 Å². The molecular weight excluding hydrogens is 1480 g/mol. The van der Waals surface area contributed by atoms with Crippen LogP contribution in [0.3, 0.4) is 0 Å². The summed E-state index contributed by atoms with van der Waals surface area (Å²) in [6.45, 7) is 0. The third-order valence-electron chi connectivity index (χ3n) is 19.6. The Kier molecular flexibility index (Phi) is 16.7. The van der Waals surface area contributed by atoms with Crippen LogP contribution in [0.4, 0.5) is 0 Å². The van der Waals surface area contributed by atoms with Crippen molar-refractivity contribution in [2.24, 2.45) is 0 Å². The second-order valence-corrected chi connectivity index (χ2v) is 31.7. The first-order chi connectivity index (χ1) is 50.2. The van der Waals surface area contributed by atoms with E-state index in [2.05, 4.69) is 287 Å². The van der Waals surface area contributed by atoms with Crippen molar-refractivity contribution >= 4 is 231 Å². The highest BCUT2D eigenvalue weighted by Crippen LogP contribution is 2.49. The van der Waals surface area contributed by atoms with Crippen molar-refractivity contribution in [3.05, 3.63) is 306 Å². The average Bonchev–Trinajstić information content (AvgIpc) is 1.59. The fourth-order valence-electron chi connectivity index (χ4n) is 14.7. The Morgan fingerprint density at radius 1 is 0.250 bits per heavy atom. The molecule has 1 radical (unpaired) electrons. The van der Waals surface area contributed by atoms with Gasteiger partial charge in [0.2, 0.25) is 0 Å². The van der Waals surface area contributed by atoms with Gasteiger partial charge in [0.05, 0.1) is 0 Å². The summed E-state index contributed by atoms with van der Waals surface area (Å²) >= 11 is 14.8. The lowest BCUT2D eigenvalue weighted by Crippen LogP contribution is -1.98. The molecule has 0 aliphatic rings. The van der Waals surface area contributed by atoms with Crippen LogP contribution in [0.25, 0.3) is 202 Å². The normalized spacial score (nSPS) is 11.6. The number of thiophene rings is 4. The third kappa shape index (κ3) is 11.4. The summed E-state index contributed by atoms with van der Waals surface area (Å²) < 4.78 is 36.5.